The first-order valence-electron chi connectivity index (χ1n) is 8.67. The molecular weight excluding hydrogens is 358 g/mol. The predicted molar refractivity (Wildman–Crippen MR) is 110 cm³/mol. The molecule has 0 fully saturated rings. The number of aryl methyl sites for hydroxylation is 1. The molecule has 2 aromatic heterocycles. The van der Waals surface area contributed by atoms with E-state index in [1.54, 1.807) is 17.5 Å². The van der Waals surface area contributed by atoms with Crippen molar-refractivity contribution in [1.82, 2.24) is 20.2 Å². The largest absolute Gasteiger partial charge is 0.336 e. The number of thiophene rings is 1. The van der Waals surface area contributed by atoms with Crippen LogP contribution in [0.25, 0.3) is 11.3 Å². The first-order chi connectivity index (χ1) is 13.0. The molecule has 1 aromatic carbocycles. The number of nitrogens with zero attached hydrogens (tertiary/aromatic N) is 3. The summed E-state index contributed by atoms with van der Waals surface area (Å²) < 4.78 is 0. The number of hydrogen-bond acceptors (Lipinski definition) is 5. The standard InChI is InChI=1S/C20H23N5OS/c1-14-21-10-9-17(23-14)15-6-4-7-16(12-15)24-20(26)22-13-18(25(2)3)19-8-5-11-27-19/h4-12,18H,13H2,1-3H3,(H2,22,24,26). The molecule has 27 heavy (non-hydrogen) atoms. The van der Waals surface area contributed by atoms with Crippen LogP contribution < -0.4 is 10.6 Å². The van der Waals surface area contributed by atoms with Crippen LogP contribution in [0.1, 0.15) is 16.7 Å². The van der Waals surface area contributed by atoms with Gasteiger partial charge in [0.1, 0.15) is 5.82 Å². The highest BCUT2D eigenvalue weighted by Crippen LogP contribution is 2.23. The van der Waals surface area contributed by atoms with Crippen LogP contribution in [-0.2, 0) is 0 Å². The molecule has 1 atom stereocenters. The van der Waals surface area contributed by atoms with Gasteiger partial charge in [0.05, 0.1) is 11.7 Å². The lowest BCUT2D eigenvalue weighted by molar-refractivity contribution is 0.244. The maximum absolute atomic E-state index is 12.3. The van der Waals surface area contributed by atoms with Crippen molar-refractivity contribution in [2.24, 2.45) is 0 Å². The minimum absolute atomic E-state index is 0.145. The van der Waals surface area contributed by atoms with E-state index in [0.717, 1.165) is 16.9 Å². The number of carbonyl (C=O) groups is 1. The zero-order valence-corrected chi connectivity index (χ0v) is 16.5. The zero-order chi connectivity index (χ0) is 19.2. The van der Waals surface area contributed by atoms with E-state index in [1.165, 1.54) is 4.88 Å². The third-order valence-electron chi connectivity index (χ3n) is 4.14. The summed E-state index contributed by atoms with van der Waals surface area (Å²) in [7, 11) is 4.02. The Balaban J connectivity index is 1.63. The molecule has 2 amide bonds. The van der Waals surface area contributed by atoms with Crippen molar-refractivity contribution in [3.63, 3.8) is 0 Å². The van der Waals surface area contributed by atoms with E-state index in [4.69, 9.17) is 0 Å². The van der Waals surface area contributed by atoms with E-state index in [-0.39, 0.29) is 12.1 Å². The molecule has 6 nitrogen and oxygen atoms in total. The third kappa shape index (κ3) is 5.12. The Hall–Kier alpha value is -2.77. The Morgan fingerprint density at radius 3 is 2.78 bits per heavy atom. The summed E-state index contributed by atoms with van der Waals surface area (Å²) in [5, 5.41) is 7.90. The maximum atomic E-state index is 12.3. The molecule has 3 rings (SSSR count). The summed E-state index contributed by atoms with van der Waals surface area (Å²) in [5.41, 5.74) is 2.48. The second-order valence-electron chi connectivity index (χ2n) is 6.40. The average molecular weight is 382 g/mol. The minimum atomic E-state index is -0.227. The molecule has 0 saturated heterocycles. The molecule has 0 aliphatic rings. The van der Waals surface area contributed by atoms with Gasteiger partial charge in [-0.05, 0) is 50.7 Å². The summed E-state index contributed by atoms with van der Waals surface area (Å²) in [6, 6.07) is 13.5. The fourth-order valence-electron chi connectivity index (χ4n) is 2.76. The summed E-state index contributed by atoms with van der Waals surface area (Å²) in [6.45, 7) is 2.39. The van der Waals surface area contributed by atoms with Crippen molar-refractivity contribution in [2.75, 3.05) is 26.0 Å². The molecule has 0 spiro atoms. The van der Waals surface area contributed by atoms with Crippen LogP contribution in [0.2, 0.25) is 0 Å². The monoisotopic (exact) mass is 381 g/mol. The number of hydrogen-bond donors (Lipinski definition) is 2. The van der Waals surface area contributed by atoms with Crippen molar-refractivity contribution in [1.29, 1.82) is 0 Å². The van der Waals surface area contributed by atoms with Crippen LogP contribution in [0.4, 0.5) is 10.5 Å². The lowest BCUT2D eigenvalue weighted by Crippen LogP contribution is -2.36. The minimum Gasteiger partial charge on any atom is -0.336 e. The van der Waals surface area contributed by atoms with Crippen LogP contribution in [0.15, 0.2) is 54.0 Å². The highest BCUT2D eigenvalue weighted by Gasteiger charge is 2.16. The Morgan fingerprint density at radius 1 is 1.22 bits per heavy atom. The Labute approximate surface area is 163 Å². The Kier molecular flexibility index (Phi) is 6.16. The van der Waals surface area contributed by atoms with Crippen molar-refractivity contribution in [3.8, 4) is 11.3 Å². The molecule has 0 aliphatic carbocycles. The van der Waals surface area contributed by atoms with Gasteiger partial charge >= 0.3 is 6.03 Å². The van der Waals surface area contributed by atoms with E-state index >= 15 is 0 Å². The topological polar surface area (TPSA) is 70.2 Å². The van der Waals surface area contributed by atoms with E-state index in [2.05, 4.69) is 31.6 Å². The number of aromatic nitrogens is 2. The van der Waals surface area contributed by atoms with Gasteiger partial charge in [-0.25, -0.2) is 14.8 Å². The molecule has 0 radical (unpaired) electrons. The van der Waals surface area contributed by atoms with Gasteiger partial charge in [0.2, 0.25) is 0 Å². The molecule has 3 aromatic rings. The van der Waals surface area contributed by atoms with Crippen molar-refractivity contribution < 1.29 is 4.79 Å². The number of amides is 2. The van der Waals surface area contributed by atoms with Gasteiger partial charge in [-0.15, -0.1) is 11.3 Å². The molecule has 0 aliphatic heterocycles. The second-order valence-corrected chi connectivity index (χ2v) is 7.38. The number of urea groups is 1. The van der Waals surface area contributed by atoms with E-state index in [0.29, 0.717) is 12.4 Å². The smallest absolute Gasteiger partial charge is 0.319 e. The average Bonchev–Trinajstić information content (AvgIpc) is 3.16. The Morgan fingerprint density at radius 2 is 2.07 bits per heavy atom. The molecule has 140 valence electrons. The fourth-order valence-corrected chi connectivity index (χ4v) is 3.68. The third-order valence-corrected chi connectivity index (χ3v) is 5.12. The molecule has 0 saturated carbocycles. The first-order valence-corrected chi connectivity index (χ1v) is 9.55. The molecule has 2 N–H and O–H groups in total. The molecule has 1 unspecified atom stereocenters. The number of likely N-dealkylation sites (N-methyl/N-ethyl adjacent to an activating group) is 1. The molecule has 2 heterocycles. The second kappa shape index (κ2) is 8.75. The zero-order valence-electron chi connectivity index (χ0n) is 15.6. The summed E-state index contributed by atoms with van der Waals surface area (Å²) in [5.74, 6) is 0.715. The van der Waals surface area contributed by atoms with Gasteiger partial charge in [0.25, 0.3) is 0 Å². The van der Waals surface area contributed by atoms with E-state index < -0.39 is 0 Å². The summed E-state index contributed by atoms with van der Waals surface area (Å²) in [6.07, 6.45) is 1.73. The molecule has 7 heteroatoms. The van der Waals surface area contributed by atoms with Gasteiger partial charge in [-0.2, -0.15) is 0 Å². The molecular formula is C20H23N5OS. The van der Waals surface area contributed by atoms with Crippen molar-refractivity contribution in [3.05, 3.63) is 64.7 Å². The first kappa shape index (κ1) is 19.0. The molecule has 0 bridgehead atoms. The normalized spacial score (nSPS) is 12.0. The van der Waals surface area contributed by atoms with Crippen LogP contribution in [0, 0.1) is 6.92 Å². The van der Waals surface area contributed by atoms with E-state index in [1.807, 2.05) is 62.8 Å². The lowest BCUT2D eigenvalue weighted by Gasteiger charge is -2.23. The number of carbonyl (C=O) groups excluding carboxylic acids is 1. The van der Waals surface area contributed by atoms with Crippen molar-refractivity contribution in [2.45, 2.75) is 13.0 Å². The van der Waals surface area contributed by atoms with Crippen LogP contribution in [0.5, 0.6) is 0 Å². The van der Waals surface area contributed by atoms with Gasteiger partial charge in [-0.1, -0.05) is 18.2 Å². The number of nitrogens with one attached hydrogen (secondary N) is 2. The highest BCUT2D eigenvalue weighted by atomic mass is 32.1. The predicted octanol–water partition coefficient (Wildman–Crippen LogP) is 3.94. The lowest BCUT2D eigenvalue weighted by atomic mass is 10.1. The summed E-state index contributed by atoms with van der Waals surface area (Å²) in [4.78, 5) is 24.2. The van der Waals surface area contributed by atoms with Gasteiger partial charge < -0.3 is 15.5 Å². The fraction of sp³-hybridized carbons (Fsp3) is 0.250. The Bertz CT molecular complexity index is 895. The number of anilines is 1. The quantitative estimate of drug-likeness (QED) is 0.679. The maximum Gasteiger partial charge on any atom is 0.319 e. The van der Waals surface area contributed by atoms with Crippen LogP contribution >= 0.6 is 11.3 Å². The highest BCUT2D eigenvalue weighted by molar-refractivity contribution is 7.10. The van der Waals surface area contributed by atoms with Crippen molar-refractivity contribution >= 4 is 23.1 Å². The number of benzene rings is 1. The van der Waals surface area contributed by atoms with Gasteiger partial charge in [0.15, 0.2) is 0 Å². The van der Waals surface area contributed by atoms with Crippen LogP contribution in [0.3, 0.4) is 0 Å². The van der Waals surface area contributed by atoms with Crippen LogP contribution in [-0.4, -0.2) is 41.5 Å². The van der Waals surface area contributed by atoms with E-state index in [9.17, 15) is 4.79 Å². The van der Waals surface area contributed by atoms with Gasteiger partial charge in [0, 0.05) is 28.9 Å². The SMILES string of the molecule is Cc1nccc(-c2cccc(NC(=O)NCC(c3cccs3)N(C)C)c2)n1. The summed E-state index contributed by atoms with van der Waals surface area (Å²) >= 11 is 1.69. The number of rotatable bonds is 6. The van der Waals surface area contributed by atoms with Gasteiger partial charge in [-0.3, -0.25) is 0 Å².